The molecule has 2 saturated heterocycles. The molecule has 0 radical (unpaired) electrons. The second-order valence-electron chi connectivity index (χ2n) is 8.64. The first kappa shape index (κ1) is 24.4. The van der Waals surface area contributed by atoms with Crippen LogP contribution in [-0.4, -0.2) is 94.9 Å². The molecular formula is C20H41N5O3S. The van der Waals surface area contributed by atoms with Gasteiger partial charge in [-0.25, -0.2) is 12.7 Å². The SMILES string of the molecule is CCNC(=NCC(CC(C)C)N1CCOCC1)NCC1CCN(S(C)(=O)=O)CC1. The molecule has 170 valence electrons. The number of hydrogen-bond donors (Lipinski definition) is 2. The number of hydrogen-bond acceptors (Lipinski definition) is 5. The number of rotatable bonds is 9. The average Bonchev–Trinajstić information content (AvgIpc) is 2.69. The van der Waals surface area contributed by atoms with E-state index in [0.29, 0.717) is 31.0 Å². The predicted octanol–water partition coefficient (Wildman–Crippen LogP) is 0.960. The van der Waals surface area contributed by atoms with Crippen LogP contribution in [0.2, 0.25) is 0 Å². The van der Waals surface area contributed by atoms with E-state index < -0.39 is 10.0 Å². The summed E-state index contributed by atoms with van der Waals surface area (Å²) in [6.45, 7) is 13.9. The Hall–Kier alpha value is -0.900. The predicted molar refractivity (Wildman–Crippen MR) is 119 cm³/mol. The van der Waals surface area contributed by atoms with Crippen molar-refractivity contribution >= 4 is 16.0 Å². The lowest BCUT2D eigenvalue weighted by Crippen LogP contribution is -2.47. The topological polar surface area (TPSA) is 86.3 Å². The van der Waals surface area contributed by atoms with Gasteiger partial charge in [0.05, 0.1) is 26.0 Å². The molecule has 0 aromatic heterocycles. The van der Waals surface area contributed by atoms with E-state index >= 15 is 0 Å². The number of morpholine rings is 1. The van der Waals surface area contributed by atoms with E-state index in [0.717, 1.165) is 71.2 Å². The first-order chi connectivity index (χ1) is 13.8. The molecule has 2 aliphatic heterocycles. The fraction of sp³-hybridized carbons (Fsp3) is 0.950. The average molecular weight is 432 g/mol. The molecule has 2 heterocycles. The Kier molecular flexibility index (Phi) is 10.1. The Balaban J connectivity index is 1.87. The zero-order chi connectivity index (χ0) is 21.3. The number of piperidine rings is 1. The third-order valence-corrected chi connectivity index (χ3v) is 7.01. The van der Waals surface area contributed by atoms with Gasteiger partial charge in [0.1, 0.15) is 0 Å². The van der Waals surface area contributed by atoms with Crippen LogP contribution in [0.25, 0.3) is 0 Å². The van der Waals surface area contributed by atoms with Crippen LogP contribution in [0.4, 0.5) is 0 Å². The Morgan fingerprint density at radius 2 is 1.79 bits per heavy atom. The van der Waals surface area contributed by atoms with Crippen molar-refractivity contribution in [3.05, 3.63) is 0 Å². The van der Waals surface area contributed by atoms with Crippen molar-refractivity contribution in [3.8, 4) is 0 Å². The highest BCUT2D eigenvalue weighted by atomic mass is 32.2. The summed E-state index contributed by atoms with van der Waals surface area (Å²) in [5, 5.41) is 6.84. The van der Waals surface area contributed by atoms with E-state index in [1.54, 1.807) is 4.31 Å². The van der Waals surface area contributed by atoms with Crippen LogP contribution in [0.5, 0.6) is 0 Å². The zero-order valence-corrected chi connectivity index (χ0v) is 19.5. The molecule has 0 aromatic rings. The minimum absolute atomic E-state index is 0.437. The third-order valence-electron chi connectivity index (χ3n) is 5.71. The molecule has 2 N–H and O–H groups in total. The number of nitrogens with one attached hydrogen (secondary N) is 2. The summed E-state index contributed by atoms with van der Waals surface area (Å²) in [4.78, 5) is 7.40. The smallest absolute Gasteiger partial charge is 0.211 e. The van der Waals surface area contributed by atoms with Crippen LogP contribution in [0, 0.1) is 11.8 Å². The molecule has 0 aliphatic carbocycles. The molecular weight excluding hydrogens is 390 g/mol. The highest BCUT2D eigenvalue weighted by Gasteiger charge is 2.25. The second-order valence-corrected chi connectivity index (χ2v) is 10.6. The van der Waals surface area contributed by atoms with E-state index in [-0.39, 0.29) is 0 Å². The number of sulfonamides is 1. The molecule has 0 aromatic carbocycles. The van der Waals surface area contributed by atoms with E-state index in [9.17, 15) is 8.42 Å². The first-order valence-corrected chi connectivity index (χ1v) is 12.9. The molecule has 0 spiro atoms. The van der Waals surface area contributed by atoms with Crippen molar-refractivity contribution in [1.82, 2.24) is 19.8 Å². The highest BCUT2D eigenvalue weighted by molar-refractivity contribution is 7.88. The summed E-state index contributed by atoms with van der Waals surface area (Å²) < 4.78 is 30.4. The standard InChI is InChI=1S/C20H41N5O3S/c1-5-21-20(22-15-18-6-8-25(9-7-18)29(4,26)27)23-16-19(14-17(2)3)24-10-12-28-13-11-24/h17-19H,5-16H2,1-4H3,(H2,21,22,23). The fourth-order valence-corrected chi connectivity index (χ4v) is 4.92. The highest BCUT2D eigenvalue weighted by Crippen LogP contribution is 2.18. The lowest BCUT2D eigenvalue weighted by atomic mass is 9.98. The maximum atomic E-state index is 11.7. The molecule has 0 bridgehead atoms. The van der Waals surface area contributed by atoms with Gasteiger partial charge in [-0.05, 0) is 38.0 Å². The molecule has 1 unspecified atom stereocenters. The summed E-state index contributed by atoms with van der Waals surface area (Å²) in [5.41, 5.74) is 0. The van der Waals surface area contributed by atoms with Crippen LogP contribution < -0.4 is 10.6 Å². The van der Waals surface area contributed by atoms with Gasteiger partial charge in [-0.2, -0.15) is 0 Å². The summed E-state index contributed by atoms with van der Waals surface area (Å²) in [5.74, 6) is 1.97. The van der Waals surface area contributed by atoms with Gasteiger partial charge in [-0.1, -0.05) is 13.8 Å². The molecule has 2 rings (SSSR count). The fourth-order valence-electron chi connectivity index (χ4n) is 4.05. The summed E-state index contributed by atoms with van der Waals surface area (Å²) in [6, 6.07) is 0.437. The van der Waals surface area contributed by atoms with Crippen LogP contribution in [0.1, 0.15) is 40.0 Å². The minimum Gasteiger partial charge on any atom is -0.379 e. The Morgan fingerprint density at radius 1 is 1.14 bits per heavy atom. The summed E-state index contributed by atoms with van der Waals surface area (Å²) >= 11 is 0. The molecule has 0 amide bonds. The van der Waals surface area contributed by atoms with Gasteiger partial charge in [0.2, 0.25) is 10.0 Å². The van der Waals surface area contributed by atoms with Crippen molar-refractivity contribution in [3.63, 3.8) is 0 Å². The van der Waals surface area contributed by atoms with Crippen LogP contribution in [-0.2, 0) is 14.8 Å². The van der Waals surface area contributed by atoms with Crippen molar-refractivity contribution in [2.45, 2.75) is 46.1 Å². The molecule has 2 aliphatic rings. The summed E-state index contributed by atoms with van der Waals surface area (Å²) in [7, 11) is -3.06. The zero-order valence-electron chi connectivity index (χ0n) is 18.7. The van der Waals surface area contributed by atoms with Crippen LogP contribution in [0.15, 0.2) is 4.99 Å². The van der Waals surface area contributed by atoms with Gasteiger partial charge in [0.25, 0.3) is 0 Å². The van der Waals surface area contributed by atoms with Gasteiger partial charge >= 0.3 is 0 Å². The summed E-state index contributed by atoms with van der Waals surface area (Å²) in [6.07, 6.45) is 4.21. The van der Waals surface area contributed by atoms with E-state index in [2.05, 4.69) is 36.3 Å². The van der Waals surface area contributed by atoms with Gasteiger partial charge < -0.3 is 15.4 Å². The van der Waals surface area contributed by atoms with Crippen molar-refractivity contribution in [1.29, 1.82) is 0 Å². The van der Waals surface area contributed by atoms with Gasteiger partial charge in [0.15, 0.2) is 5.96 Å². The Labute approximate surface area is 177 Å². The normalized spacial score (nSPS) is 22.0. The van der Waals surface area contributed by atoms with Gasteiger partial charge in [-0.15, -0.1) is 0 Å². The molecule has 9 heteroatoms. The van der Waals surface area contributed by atoms with Crippen molar-refractivity contribution in [2.24, 2.45) is 16.8 Å². The lowest BCUT2D eigenvalue weighted by molar-refractivity contribution is 0.0143. The quantitative estimate of drug-likeness (QED) is 0.418. The molecule has 0 saturated carbocycles. The number of ether oxygens (including phenoxy) is 1. The van der Waals surface area contributed by atoms with Gasteiger partial charge in [0, 0.05) is 45.3 Å². The van der Waals surface area contributed by atoms with Crippen molar-refractivity contribution in [2.75, 3.05) is 65.3 Å². The van der Waals surface area contributed by atoms with Crippen molar-refractivity contribution < 1.29 is 13.2 Å². The molecule has 8 nitrogen and oxygen atoms in total. The Bertz CT molecular complexity index is 597. The monoisotopic (exact) mass is 431 g/mol. The number of aliphatic imine (C=N–C) groups is 1. The molecule has 29 heavy (non-hydrogen) atoms. The third kappa shape index (κ3) is 8.78. The van der Waals surface area contributed by atoms with Crippen LogP contribution >= 0.6 is 0 Å². The largest absolute Gasteiger partial charge is 0.379 e. The van der Waals surface area contributed by atoms with E-state index in [4.69, 9.17) is 9.73 Å². The lowest BCUT2D eigenvalue weighted by Gasteiger charge is -2.34. The first-order valence-electron chi connectivity index (χ1n) is 11.1. The van der Waals surface area contributed by atoms with Crippen LogP contribution in [0.3, 0.4) is 0 Å². The maximum absolute atomic E-state index is 11.7. The minimum atomic E-state index is -3.06. The maximum Gasteiger partial charge on any atom is 0.211 e. The second kappa shape index (κ2) is 12.1. The Morgan fingerprint density at radius 3 is 2.34 bits per heavy atom. The molecule has 2 fully saturated rings. The van der Waals surface area contributed by atoms with E-state index in [1.165, 1.54) is 6.26 Å². The number of nitrogens with zero attached hydrogens (tertiary/aromatic N) is 3. The molecule has 1 atom stereocenters. The van der Waals surface area contributed by atoms with Gasteiger partial charge in [-0.3, -0.25) is 9.89 Å². The number of guanidine groups is 1. The van der Waals surface area contributed by atoms with E-state index in [1.807, 2.05) is 0 Å².